The van der Waals surface area contributed by atoms with Crippen molar-refractivity contribution in [2.24, 2.45) is 0 Å². The summed E-state index contributed by atoms with van der Waals surface area (Å²) in [5, 5.41) is 0. The van der Waals surface area contributed by atoms with Crippen LogP contribution in [0, 0.1) is 6.20 Å². The zero-order chi connectivity index (χ0) is 11.5. The normalized spacial score (nSPS) is 9.25. The van der Waals surface area contributed by atoms with E-state index in [0.29, 0.717) is 0 Å². The molecule has 0 fully saturated rings. The predicted molar refractivity (Wildman–Crippen MR) is 68.7 cm³/mol. The van der Waals surface area contributed by atoms with Crippen molar-refractivity contribution >= 4 is 14.5 Å². The Kier molecular flexibility index (Phi) is 15.0. The first-order valence-corrected chi connectivity index (χ1v) is 6.73. The standard InChI is InChI=1S/C9H15N3P.C2H6.W/c1-3-7-12(13-4-2)9-8-10-5-6-11-9;1-2;/h5,8,13H,3-4,7H2,1-2H3;1-2H3;/q-1;;. The van der Waals surface area contributed by atoms with Crippen molar-refractivity contribution in [2.45, 2.75) is 34.1 Å². The number of rotatable bonds is 5. The molecule has 0 aliphatic carbocycles. The van der Waals surface area contributed by atoms with Gasteiger partial charge in [-0.15, -0.1) is 6.20 Å². The van der Waals surface area contributed by atoms with Gasteiger partial charge in [0.15, 0.2) is 0 Å². The molecular weight excluding hydrogens is 389 g/mol. The topological polar surface area (TPSA) is 29.0 Å². The molecular formula is C11H21N3PW-. The Morgan fingerprint density at radius 1 is 1.38 bits per heavy atom. The average molecular weight is 410 g/mol. The van der Waals surface area contributed by atoms with Crippen LogP contribution in [0.25, 0.3) is 0 Å². The molecule has 0 aliphatic heterocycles. The predicted octanol–water partition coefficient (Wildman–Crippen LogP) is 3.13. The zero-order valence-corrected chi connectivity index (χ0v) is 14.5. The van der Waals surface area contributed by atoms with Crippen LogP contribution in [0.5, 0.6) is 0 Å². The summed E-state index contributed by atoms with van der Waals surface area (Å²) in [4.78, 5) is 8.18. The number of hydrogen-bond acceptors (Lipinski definition) is 3. The summed E-state index contributed by atoms with van der Waals surface area (Å²) in [5.41, 5.74) is 0. The van der Waals surface area contributed by atoms with Crippen molar-refractivity contribution in [3.8, 4) is 0 Å². The van der Waals surface area contributed by atoms with Gasteiger partial charge in [0.05, 0.1) is 0 Å². The van der Waals surface area contributed by atoms with E-state index in [0.717, 1.165) is 33.7 Å². The maximum atomic E-state index is 4.16. The summed E-state index contributed by atoms with van der Waals surface area (Å²) in [6.45, 7) is 9.41. The molecule has 5 heteroatoms. The van der Waals surface area contributed by atoms with E-state index in [2.05, 4.69) is 34.7 Å². The van der Waals surface area contributed by atoms with E-state index in [4.69, 9.17) is 0 Å². The molecule has 0 saturated carbocycles. The van der Waals surface area contributed by atoms with Gasteiger partial charge in [0, 0.05) is 27.6 Å². The fourth-order valence-corrected chi connectivity index (χ4v) is 2.11. The molecule has 3 nitrogen and oxygen atoms in total. The van der Waals surface area contributed by atoms with Crippen molar-refractivity contribution in [1.29, 1.82) is 0 Å². The van der Waals surface area contributed by atoms with Crippen LogP contribution in [0.1, 0.15) is 34.1 Å². The monoisotopic (exact) mass is 410 g/mol. The summed E-state index contributed by atoms with van der Waals surface area (Å²) >= 11 is 0. The van der Waals surface area contributed by atoms with E-state index < -0.39 is 0 Å². The molecule has 1 atom stereocenters. The molecule has 1 rings (SSSR count). The summed E-state index contributed by atoms with van der Waals surface area (Å²) in [5.74, 6) is 0.949. The molecule has 1 aromatic rings. The summed E-state index contributed by atoms with van der Waals surface area (Å²) in [6, 6.07) is 0. The van der Waals surface area contributed by atoms with Crippen molar-refractivity contribution in [2.75, 3.05) is 17.4 Å². The van der Waals surface area contributed by atoms with Crippen molar-refractivity contribution in [1.82, 2.24) is 9.97 Å². The summed E-state index contributed by atoms with van der Waals surface area (Å²) < 4.78 is 2.27. The first-order chi connectivity index (χ1) is 7.38. The minimum Gasteiger partial charge on any atom is -0.435 e. The van der Waals surface area contributed by atoms with Crippen LogP contribution in [0.4, 0.5) is 5.82 Å². The molecule has 0 spiro atoms. The van der Waals surface area contributed by atoms with Crippen LogP contribution in [0.3, 0.4) is 0 Å². The third-order valence-electron chi connectivity index (χ3n) is 1.57. The number of nitrogens with zero attached hydrogens (tertiary/aromatic N) is 3. The van der Waals surface area contributed by atoms with E-state index in [1.165, 1.54) is 0 Å². The van der Waals surface area contributed by atoms with Gasteiger partial charge in [-0.2, -0.15) is 0 Å². The third kappa shape index (κ3) is 7.30. The molecule has 1 heterocycles. The Hall–Kier alpha value is -0.00169. The maximum Gasteiger partial charge on any atom is 0.00497 e. The van der Waals surface area contributed by atoms with Gasteiger partial charge in [-0.25, -0.2) is 0 Å². The molecule has 0 aliphatic rings. The average Bonchev–Trinajstić information content (AvgIpc) is 2.33. The Morgan fingerprint density at radius 2 is 2.06 bits per heavy atom. The van der Waals surface area contributed by atoms with Crippen LogP contribution in [-0.4, -0.2) is 22.7 Å². The molecule has 1 unspecified atom stereocenters. The maximum absolute atomic E-state index is 4.16. The van der Waals surface area contributed by atoms with Crippen molar-refractivity contribution in [3.05, 3.63) is 18.6 Å². The minimum absolute atomic E-state index is 0. The van der Waals surface area contributed by atoms with Crippen LogP contribution in [0.2, 0.25) is 0 Å². The molecule has 0 aromatic carbocycles. The molecule has 0 saturated heterocycles. The van der Waals surface area contributed by atoms with E-state index in [-0.39, 0.29) is 21.1 Å². The van der Waals surface area contributed by atoms with Crippen molar-refractivity contribution < 1.29 is 21.1 Å². The SMILES string of the molecule is CC.CCCN(PCC)c1cnc[c-]n1.[W]. The van der Waals surface area contributed by atoms with Crippen LogP contribution in [-0.2, 0) is 21.1 Å². The van der Waals surface area contributed by atoms with Crippen LogP contribution in [0.15, 0.2) is 12.4 Å². The second-order valence-corrected chi connectivity index (χ2v) is 4.23. The van der Waals surface area contributed by atoms with Gasteiger partial charge < -0.3 is 9.65 Å². The number of aromatic nitrogens is 2. The van der Waals surface area contributed by atoms with Crippen LogP contribution >= 0.6 is 8.73 Å². The smallest absolute Gasteiger partial charge is 0.00497 e. The molecule has 92 valence electrons. The Labute approximate surface area is 116 Å². The number of anilines is 1. The molecule has 0 radical (unpaired) electrons. The van der Waals surface area contributed by atoms with E-state index in [1.807, 2.05) is 13.8 Å². The first kappa shape index (κ1) is 18.4. The zero-order valence-electron chi connectivity index (χ0n) is 10.5. The summed E-state index contributed by atoms with van der Waals surface area (Å²) in [6.07, 6.45) is 8.45. The Bertz CT molecular complexity index is 228. The number of hydrogen-bond donors (Lipinski definition) is 0. The quantitative estimate of drug-likeness (QED) is 0.552. The van der Waals surface area contributed by atoms with Gasteiger partial charge in [0.2, 0.25) is 0 Å². The van der Waals surface area contributed by atoms with Gasteiger partial charge in [-0.1, -0.05) is 27.7 Å². The molecule has 1 aromatic heterocycles. The summed E-state index contributed by atoms with van der Waals surface area (Å²) in [7, 11) is 0.801. The van der Waals surface area contributed by atoms with Crippen molar-refractivity contribution in [3.63, 3.8) is 0 Å². The van der Waals surface area contributed by atoms with Gasteiger partial charge in [0.25, 0.3) is 0 Å². The van der Waals surface area contributed by atoms with Gasteiger partial charge >= 0.3 is 0 Å². The molecule has 0 amide bonds. The largest absolute Gasteiger partial charge is 0.435 e. The van der Waals surface area contributed by atoms with E-state index >= 15 is 0 Å². The van der Waals surface area contributed by atoms with Gasteiger partial charge in [-0.3, -0.25) is 4.98 Å². The van der Waals surface area contributed by atoms with Crippen LogP contribution < -0.4 is 4.67 Å². The minimum atomic E-state index is 0. The fourth-order valence-electron chi connectivity index (χ4n) is 1.08. The molecule has 0 bridgehead atoms. The van der Waals surface area contributed by atoms with E-state index in [1.54, 1.807) is 12.4 Å². The van der Waals surface area contributed by atoms with Gasteiger partial charge in [0.1, 0.15) is 0 Å². The second kappa shape index (κ2) is 13.1. The second-order valence-electron chi connectivity index (χ2n) is 2.67. The first-order valence-electron chi connectivity index (χ1n) is 5.57. The van der Waals surface area contributed by atoms with Gasteiger partial charge in [-0.05, 0) is 39.5 Å². The molecule has 16 heavy (non-hydrogen) atoms. The van der Waals surface area contributed by atoms with E-state index in [9.17, 15) is 0 Å². The molecule has 0 N–H and O–H groups in total. The third-order valence-corrected chi connectivity index (χ3v) is 2.72. The Morgan fingerprint density at radius 3 is 2.50 bits per heavy atom. The fraction of sp³-hybridized carbons (Fsp3) is 0.636. The Balaban J connectivity index is 0.